The molecule has 1 N–H and O–H groups in total. The van der Waals surface area contributed by atoms with E-state index in [1.165, 1.54) is 22.5 Å². The van der Waals surface area contributed by atoms with Crippen molar-refractivity contribution in [1.82, 2.24) is 9.62 Å². The number of nitro groups is 1. The van der Waals surface area contributed by atoms with Gasteiger partial charge in [-0.3, -0.25) is 10.1 Å². The first-order valence-electron chi connectivity index (χ1n) is 7.38. The summed E-state index contributed by atoms with van der Waals surface area (Å²) in [5.74, 6) is 0.337. The molecule has 0 bridgehead atoms. The molecule has 2 aliphatic heterocycles. The van der Waals surface area contributed by atoms with E-state index in [0.717, 1.165) is 19.4 Å². The van der Waals surface area contributed by atoms with E-state index < -0.39 is 14.9 Å². The molecule has 3 rings (SSSR count). The molecule has 2 fully saturated rings. The first kappa shape index (κ1) is 15.4. The third kappa shape index (κ3) is 2.62. The lowest BCUT2D eigenvalue weighted by molar-refractivity contribution is -0.385. The van der Waals surface area contributed by atoms with Gasteiger partial charge in [-0.15, -0.1) is 0 Å². The van der Waals surface area contributed by atoms with Crippen molar-refractivity contribution >= 4 is 15.7 Å². The highest BCUT2D eigenvalue weighted by molar-refractivity contribution is 7.89. The van der Waals surface area contributed by atoms with Gasteiger partial charge in [-0.25, -0.2) is 8.42 Å². The van der Waals surface area contributed by atoms with Gasteiger partial charge in [-0.05, 0) is 38.3 Å². The summed E-state index contributed by atoms with van der Waals surface area (Å²) in [7, 11) is -3.67. The summed E-state index contributed by atoms with van der Waals surface area (Å²) in [4.78, 5) is 10.5. The molecule has 0 radical (unpaired) electrons. The van der Waals surface area contributed by atoms with Crippen molar-refractivity contribution in [3.63, 3.8) is 0 Å². The minimum absolute atomic E-state index is 0.00852. The summed E-state index contributed by atoms with van der Waals surface area (Å²) in [6.45, 7) is 3.48. The summed E-state index contributed by atoms with van der Waals surface area (Å²) < 4.78 is 27.0. The average molecular weight is 325 g/mol. The number of benzene rings is 1. The van der Waals surface area contributed by atoms with Crippen molar-refractivity contribution in [2.24, 2.45) is 5.92 Å². The Morgan fingerprint density at radius 3 is 2.86 bits per heavy atom. The highest BCUT2D eigenvalue weighted by Crippen LogP contribution is 2.30. The molecule has 0 aromatic heterocycles. The van der Waals surface area contributed by atoms with Crippen LogP contribution in [0.2, 0.25) is 0 Å². The molecule has 22 heavy (non-hydrogen) atoms. The van der Waals surface area contributed by atoms with Crippen LogP contribution < -0.4 is 5.32 Å². The van der Waals surface area contributed by atoms with Crippen LogP contribution in [0.15, 0.2) is 23.1 Å². The molecule has 0 spiro atoms. The van der Waals surface area contributed by atoms with Gasteiger partial charge in [0, 0.05) is 30.8 Å². The number of sulfonamides is 1. The maximum Gasteiger partial charge on any atom is 0.273 e. The minimum Gasteiger partial charge on any atom is -0.314 e. The second-order valence-electron chi connectivity index (χ2n) is 5.97. The molecular weight excluding hydrogens is 306 g/mol. The summed E-state index contributed by atoms with van der Waals surface area (Å²) in [5, 5.41) is 14.4. The van der Waals surface area contributed by atoms with Crippen LogP contribution in [0.4, 0.5) is 5.69 Å². The molecular formula is C14H19N3O4S. The third-order valence-corrected chi connectivity index (χ3v) is 6.49. The van der Waals surface area contributed by atoms with Gasteiger partial charge >= 0.3 is 0 Å². The van der Waals surface area contributed by atoms with Gasteiger partial charge in [0.1, 0.15) is 0 Å². The Bertz CT molecular complexity index is 704. The number of hydrogen-bond acceptors (Lipinski definition) is 5. The highest BCUT2D eigenvalue weighted by atomic mass is 32.2. The van der Waals surface area contributed by atoms with Crippen LogP contribution in [0.5, 0.6) is 0 Å². The van der Waals surface area contributed by atoms with Crippen LogP contribution in [0.1, 0.15) is 18.4 Å². The number of hydrogen-bond donors (Lipinski definition) is 1. The molecule has 2 heterocycles. The van der Waals surface area contributed by atoms with Crippen LogP contribution in [0, 0.1) is 23.0 Å². The lowest BCUT2D eigenvalue weighted by atomic mass is 9.95. The number of rotatable bonds is 3. The zero-order valence-corrected chi connectivity index (χ0v) is 13.2. The Hall–Kier alpha value is -1.51. The maximum absolute atomic E-state index is 12.7. The van der Waals surface area contributed by atoms with Crippen molar-refractivity contribution in [3.05, 3.63) is 33.9 Å². The molecule has 8 heteroatoms. The van der Waals surface area contributed by atoms with Crippen molar-refractivity contribution in [2.75, 3.05) is 19.6 Å². The van der Waals surface area contributed by atoms with Gasteiger partial charge < -0.3 is 5.32 Å². The Balaban J connectivity index is 1.90. The molecule has 0 saturated carbocycles. The first-order chi connectivity index (χ1) is 10.4. The zero-order valence-electron chi connectivity index (χ0n) is 12.4. The Morgan fingerprint density at radius 2 is 2.14 bits per heavy atom. The normalized spacial score (nSPS) is 25.9. The zero-order chi connectivity index (χ0) is 15.9. The molecule has 2 unspecified atom stereocenters. The van der Waals surface area contributed by atoms with E-state index in [1.807, 2.05) is 0 Å². The fourth-order valence-corrected chi connectivity index (χ4v) is 4.86. The van der Waals surface area contributed by atoms with Gasteiger partial charge in [0.2, 0.25) is 10.0 Å². The second kappa shape index (κ2) is 5.60. The van der Waals surface area contributed by atoms with E-state index in [4.69, 9.17) is 0 Å². The minimum atomic E-state index is -3.67. The van der Waals surface area contributed by atoms with E-state index in [9.17, 15) is 18.5 Å². The number of nitrogens with zero attached hydrogens (tertiary/aromatic N) is 2. The maximum atomic E-state index is 12.7. The van der Waals surface area contributed by atoms with E-state index in [2.05, 4.69) is 5.32 Å². The molecule has 0 amide bonds. The summed E-state index contributed by atoms with van der Waals surface area (Å²) in [6.07, 6.45) is 1.77. The molecule has 120 valence electrons. The topological polar surface area (TPSA) is 92.6 Å². The Morgan fingerprint density at radius 1 is 1.36 bits per heavy atom. The predicted molar refractivity (Wildman–Crippen MR) is 81.1 cm³/mol. The molecule has 1 aromatic carbocycles. The number of nitro benzene ring substituents is 1. The fourth-order valence-electron chi connectivity index (χ4n) is 3.33. The summed E-state index contributed by atoms with van der Waals surface area (Å²) in [5.41, 5.74) is 0.307. The quantitative estimate of drug-likeness (QED) is 0.667. The van der Waals surface area contributed by atoms with Crippen molar-refractivity contribution in [1.29, 1.82) is 0 Å². The van der Waals surface area contributed by atoms with E-state index in [1.54, 1.807) is 6.92 Å². The average Bonchev–Trinajstić information content (AvgIpc) is 2.94. The molecule has 2 atom stereocenters. The monoisotopic (exact) mass is 325 g/mol. The number of nitrogens with one attached hydrogen (secondary N) is 1. The van der Waals surface area contributed by atoms with E-state index in [-0.39, 0.29) is 10.6 Å². The number of aryl methyl sites for hydroxylation is 1. The molecule has 7 nitrogen and oxygen atoms in total. The van der Waals surface area contributed by atoms with Gasteiger partial charge in [0.05, 0.1) is 9.82 Å². The second-order valence-corrected chi connectivity index (χ2v) is 7.90. The summed E-state index contributed by atoms with van der Waals surface area (Å²) in [6, 6.07) is 4.52. The SMILES string of the molecule is Cc1ccc(S(=O)(=O)N2CCC3NCCC3C2)cc1[N+](=O)[O-]. The lowest BCUT2D eigenvalue weighted by Gasteiger charge is -2.33. The van der Waals surface area contributed by atoms with Crippen LogP contribution in [0.25, 0.3) is 0 Å². The van der Waals surface area contributed by atoms with Crippen molar-refractivity contribution in [3.8, 4) is 0 Å². The number of piperidine rings is 1. The molecule has 2 saturated heterocycles. The van der Waals surface area contributed by atoms with Gasteiger partial charge in [-0.2, -0.15) is 4.31 Å². The first-order valence-corrected chi connectivity index (χ1v) is 8.82. The third-order valence-electron chi connectivity index (χ3n) is 4.63. The van der Waals surface area contributed by atoms with E-state index >= 15 is 0 Å². The van der Waals surface area contributed by atoms with Gasteiger partial charge in [-0.1, -0.05) is 6.07 Å². The Kier molecular flexibility index (Phi) is 3.92. The lowest BCUT2D eigenvalue weighted by Crippen LogP contribution is -2.46. The van der Waals surface area contributed by atoms with Gasteiger partial charge in [0.25, 0.3) is 5.69 Å². The molecule has 1 aromatic rings. The largest absolute Gasteiger partial charge is 0.314 e. The summed E-state index contributed by atoms with van der Waals surface area (Å²) >= 11 is 0. The smallest absolute Gasteiger partial charge is 0.273 e. The highest BCUT2D eigenvalue weighted by Gasteiger charge is 2.38. The molecule has 2 aliphatic rings. The molecule has 0 aliphatic carbocycles. The standard InChI is InChI=1S/C14H19N3O4S/c1-10-2-3-12(8-14(10)17(18)19)22(20,21)16-7-5-13-11(9-16)4-6-15-13/h2-3,8,11,13,15H,4-7,9H2,1H3. The van der Waals surface area contributed by atoms with Crippen LogP contribution in [0.3, 0.4) is 0 Å². The van der Waals surface area contributed by atoms with E-state index in [0.29, 0.717) is 30.6 Å². The fraction of sp³-hybridized carbons (Fsp3) is 0.571. The Labute approximate surface area is 129 Å². The van der Waals surface area contributed by atoms with Crippen LogP contribution >= 0.6 is 0 Å². The van der Waals surface area contributed by atoms with Crippen molar-refractivity contribution in [2.45, 2.75) is 30.7 Å². The van der Waals surface area contributed by atoms with Crippen LogP contribution in [-0.4, -0.2) is 43.3 Å². The van der Waals surface area contributed by atoms with Crippen molar-refractivity contribution < 1.29 is 13.3 Å². The predicted octanol–water partition coefficient (Wildman–Crippen LogP) is 1.28. The number of fused-ring (bicyclic) bond motifs is 1. The van der Waals surface area contributed by atoms with Gasteiger partial charge in [0.15, 0.2) is 0 Å². The van der Waals surface area contributed by atoms with Crippen LogP contribution in [-0.2, 0) is 10.0 Å².